The Morgan fingerprint density at radius 3 is 2.71 bits per heavy atom. The molecule has 4 heteroatoms. The van der Waals surface area contributed by atoms with Gasteiger partial charge in [-0.05, 0) is 36.6 Å². The fraction of sp³-hybridized carbons (Fsp3) is 0.462. The van der Waals surface area contributed by atoms with Crippen LogP contribution in [0, 0.1) is 6.92 Å². The lowest BCUT2D eigenvalue weighted by Gasteiger charge is -2.11. The van der Waals surface area contributed by atoms with Gasteiger partial charge in [-0.2, -0.15) is 11.8 Å². The van der Waals surface area contributed by atoms with E-state index in [1.807, 2.05) is 13.0 Å². The Hall–Kier alpha value is -1.000. The number of aryl methyl sites for hydroxylation is 1. The number of aromatic carboxylic acids is 1. The molecule has 0 spiro atoms. The molecule has 0 saturated carbocycles. The van der Waals surface area contributed by atoms with E-state index in [1.54, 1.807) is 23.9 Å². The van der Waals surface area contributed by atoms with Crippen molar-refractivity contribution in [3.8, 4) is 0 Å². The Morgan fingerprint density at radius 2 is 2.18 bits per heavy atom. The summed E-state index contributed by atoms with van der Waals surface area (Å²) in [6.45, 7) is 4.23. The molecule has 0 aliphatic carbocycles. The normalized spacial score (nSPS) is 12.4. The number of hydrogen-bond donors (Lipinski definition) is 2. The maximum absolute atomic E-state index is 10.8. The van der Waals surface area contributed by atoms with Crippen LogP contribution < -0.4 is 0 Å². The van der Waals surface area contributed by atoms with Gasteiger partial charge in [-0.25, -0.2) is 4.79 Å². The SMILES string of the molecule is Cc1cc(C(=O)O)ccc1CSC(C)CCO. The van der Waals surface area contributed by atoms with Crippen molar-refractivity contribution in [2.45, 2.75) is 31.3 Å². The van der Waals surface area contributed by atoms with Gasteiger partial charge in [-0.3, -0.25) is 0 Å². The van der Waals surface area contributed by atoms with Crippen molar-refractivity contribution in [2.24, 2.45) is 0 Å². The van der Waals surface area contributed by atoms with Crippen molar-refractivity contribution in [2.75, 3.05) is 6.61 Å². The van der Waals surface area contributed by atoms with Gasteiger partial charge >= 0.3 is 5.97 Å². The zero-order valence-corrected chi connectivity index (χ0v) is 11.0. The highest BCUT2D eigenvalue weighted by Gasteiger charge is 2.07. The second kappa shape index (κ2) is 6.67. The fourth-order valence-electron chi connectivity index (χ4n) is 1.49. The van der Waals surface area contributed by atoms with Crippen LogP contribution in [0.4, 0.5) is 0 Å². The quantitative estimate of drug-likeness (QED) is 0.819. The van der Waals surface area contributed by atoms with E-state index in [1.165, 1.54) is 0 Å². The Morgan fingerprint density at radius 1 is 1.47 bits per heavy atom. The predicted octanol–water partition coefficient (Wildman–Crippen LogP) is 2.70. The summed E-state index contributed by atoms with van der Waals surface area (Å²) >= 11 is 1.78. The predicted molar refractivity (Wildman–Crippen MR) is 70.6 cm³/mol. The van der Waals surface area contributed by atoms with Gasteiger partial charge in [0.15, 0.2) is 0 Å². The van der Waals surface area contributed by atoms with Gasteiger partial charge in [0, 0.05) is 17.6 Å². The van der Waals surface area contributed by atoms with Gasteiger partial charge in [0.05, 0.1) is 5.56 Å². The van der Waals surface area contributed by atoms with Gasteiger partial charge in [0.25, 0.3) is 0 Å². The van der Waals surface area contributed by atoms with Crippen LogP contribution in [-0.4, -0.2) is 28.0 Å². The van der Waals surface area contributed by atoms with Crippen molar-refractivity contribution in [3.05, 3.63) is 34.9 Å². The largest absolute Gasteiger partial charge is 0.478 e. The molecule has 3 nitrogen and oxygen atoms in total. The lowest BCUT2D eigenvalue weighted by Crippen LogP contribution is -2.02. The van der Waals surface area contributed by atoms with Crippen LogP contribution in [0.2, 0.25) is 0 Å². The summed E-state index contributed by atoms with van der Waals surface area (Å²) in [6.07, 6.45) is 0.789. The molecular weight excluding hydrogens is 236 g/mol. The van der Waals surface area contributed by atoms with E-state index in [9.17, 15) is 4.79 Å². The number of thioether (sulfide) groups is 1. The Kier molecular flexibility index (Phi) is 5.51. The lowest BCUT2D eigenvalue weighted by atomic mass is 10.1. The monoisotopic (exact) mass is 254 g/mol. The second-order valence-electron chi connectivity index (χ2n) is 4.08. The summed E-state index contributed by atoms with van der Waals surface area (Å²) in [5.41, 5.74) is 2.50. The number of carbonyl (C=O) groups is 1. The first kappa shape index (κ1) is 14.1. The van der Waals surface area contributed by atoms with Gasteiger partial charge in [-0.15, -0.1) is 0 Å². The first-order valence-corrected chi connectivity index (χ1v) is 6.64. The first-order chi connectivity index (χ1) is 8.04. The molecule has 1 unspecified atom stereocenters. The van der Waals surface area contributed by atoms with Crippen molar-refractivity contribution >= 4 is 17.7 Å². The maximum atomic E-state index is 10.8. The molecule has 0 aliphatic heterocycles. The third kappa shape index (κ3) is 4.40. The Balaban J connectivity index is 2.63. The second-order valence-corrected chi connectivity index (χ2v) is 5.51. The molecule has 0 amide bonds. The maximum Gasteiger partial charge on any atom is 0.335 e. The van der Waals surface area contributed by atoms with E-state index in [0.29, 0.717) is 10.8 Å². The van der Waals surface area contributed by atoms with Crippen LogP contribution >= 0.6 is 11.8 Å². The van der Waals surface area contributed by atoms with Gasteiger partial charge < -0.3 is 10.2 Å². The molecule has 0 aliphatic rings. The molecule has 17 heavy (non-hydrogen) atoms. The fourth-order valence-corrected chi connectivity index (χ4v) is 2.55. The minimum absolute atomic E-state index is 0.213. The standard InChI is InChI=1S/C13H18O3S/c1-9-7-11(13(15)16)3-4-12(9)8-17-10(2)5-6-14/h3-4,7,10,14H,5-6,8H2,1-2H3,(H,15,16). The molecule has 0 radical (unpaired) electrons. The summed E-state index contributed by atoms with van der Waals surface area (Å²) in [5, 5.41) is 18.1. The highest BCUT2D eigenvalue weighted by molar-refractivity contribution is 7.99. The molecule has 0 saturated heterocycles. The summed E-state index contributed by atoms with van der Waals surface area (Å²) < 4.78 is 0. The third-order valence-electron chi connectivity index (χ3n) is 2.65. The number of hydrogen-bond acceptors (Lipinski definition) is 3. The molecule has 0 aromatic heterocycles. The molecule has 1 aromatic carbocycles. The van der Waals surface area contributed by atoms with E-state index >= 15 is 0 Å². The average molecular weight is 254 g/mol. The molecule has 1 aromatic rings. The molecular formula is C13H18O3S. The Labute approximate surface area is 106 Å². The minimum Gasteiger partial charge on any atom is -0.478 e. The molecule has 0 heterocycles. The van der Waals surface area contributed by atoms with Gasteiger partial charge in [-0.1, -0.05) is 13.0 Å². The van der Waals surface area contributed by atoms with Crippen molar-refractivity contribution < 1.29 is 15.0 Å². The topological polar surface area (TPSA) is 57.5 Å². The molecule has 1 rings (SSSR count). The summed E-state index contributed by atoms with van der Waals surface area (Å²) in [4.78, 5) is 10.8. The average Bonchev–Trinajstić information content (AvgIpc) is 2.27. The highest BCUT2D eigenvalue weighted by atomic mass is 32.2. The van der Waals surface area contributed by atoms with Crippen molar-refractivity contribution in [1.29, 1.82) is 0 Å². The van der Waals surface area contributed by atoms with Crippen LogP contribution in [0.3, 0.4) is 0 Å². The summed E-state index contributed by atoms with van der Waals surface area (Å²) in [6, 6.07) is 5.22. The molecule has 2 N–H and O–H groups in total. The number of carboxylic acids is 1. The number of benzene rings is 1. The van der Waals surface area contributed by atoms with Gasteiger partial charge in [0.2, 0.25) is 0 Å². The van der Waals surface area contributed by atoms with E-state index in [4.69, 9.17) is 10.2 Å². The van der Waals surface area contributed by atoms with E-state index in [-0.39, 0.29) is 6.61 Å². The Bertz CT molecular complexity index is 390. The summed E-state index contributed by atoms with van der Waals surface area (Å²) in [7, 11) is 0. The number of rotatable bonds is 6. The molecule has 94 valence electrons. The van der Waals surface area contributed by atoms with Crippen LogP contribution in [0.5, 0.6) is 0 Å². The van der Waals surface area contributed by atoms with Crippen LogP contribution in [0.15, 0.2) is 18.2 Å². The highest BCUT2D eigenvalue weighted by Crippen LogP contribution is 2.22. The van der Waals surface area contributed by atoms with E-state index < -0.39 is 5.97 Å². The number of aliphatic hydroxyl groups excluding tert-OH is 1. The molecule has 1 atom stereocenters. The number of aliphatic hydroxyl groups is 1. The smallest absolute Gasteiger partial charge is 0.335 e. The first-order valence-electron chi connectivity index (χ1n) is 5.60. The van der Waals surface area contributed by atoms with Crippen LogP contribution in [-0.2, 0) is 5.75 Å². The zero-order chi connectivity index (χ0) is 12.8. The summed E-state index contributed by atoms with van der Waals surface area (Å²) in [5.74, 6) is -0.0339. The van der Waals surface area contributed by atoms with Crippen molar-refractivity contribution in [1.82, 2.24) is 0 Å². The minimum atomic E-state index is -0.888. The lowest BCUT2D eigenvalue weighted by molar-refractivity contribution is 0.0697. The molecule has 0 bridgehead atoms. The van der Waals surface area contributed by atoms with Crippen LogP contribution in [0.25, 0.3) is 0 Å². The van der Waals surface area contributed by atoms with Crippen LogP contribution in [0.1, 0.15) is 34.8 Å². The third-order valence-corrected chi connectivity index (χ3v) is 3.93. The van der Waals surface area contributed by atoms with E-state index in [2.05, 4.69) is 6.92 Å². The van der Waals surface area contributed by atoms with Crippen molar-refractivity contribution in [3.63, 3.8) is 0 Å². The number of carboxylic acid groups (broad SMARTS) is 1. The molecule has 0 fully saturated rings. The zero-order valence-electron chi connectivity index (χ0n) is 10.1. The van der Waals surface area contributed by atoms with E-state index in [0.717, 1.165) is 23.3 Å². The van der Waals surface area contributed by atoms with Gasteiger partial charge in [0.1, 0.15) is 0 Å².